The normalized spacial score (nSPS) is 18.3. The molecular formula is C19H18O7. The van der Waals surface area contributed by atoms with E-state index in [0.717, 1.165) is 26.0 Å². The maximum absolute atomic E-state index is 12.9. The Morgan fingerprint density at radius 2 is 1.81 bits per heavy atom. The topological polar surface area (TPSA) is 88.1 Å². The number of ether oxygens (including phenoxy) is 4. The van der Waals surface area contributed by atoms with Crippen LogP contribution in [0.5, 0.6) is 5.75 Å². The maximum Gasteiger partial charge on any atom is 0.374 e. The molecule has 0 N–H and O–H groups in total. The first-order valence-corrected chi connectivity index (χ1v) is 8.01. The molecule has 2 aliphatic heterocycles. The molecule has 2 heterocycles. The lowest BCUT2D eigenvalue weighted by Gasteiger charge is -2.31. The van der Waals surface area contributed by atoms with E-state index in [0.29, 0.717) is 11.3 Å². The molecule has 0 bridgehead atoms. The lowest BCUT2D eigenvalue weighted by molar-refractivity contribution is -0.142. The van der Waals surface area contributed by atoms with Crippen LogP contribution in [0.2, 0.25) is 0 Å². The van der Waals surface area contributed by atoms with Gasteiger partial charge in [-0.1, -0.05) is 19.9 Å². The summed E-state index contributed by atoms with van der Waals surface area (Å²) in [5.74, 6) is -1.83. The highest BCUT2D eigenvalue weighted by Gasteiger charge is 2.44. The summed E-state index contributed by atoms with van der Waals surface area (Å²) in [6, 6.07) is 5.30. The summed E-state index contributed by atoms with van der Waals surface area (Å²) in [6.45, 7) is 4.03. The van der Waals surface area contributed by atoms with Gasteiger partial charge in [0.1, 0.15) is 17.6 Å². The average molecular weight is 358 g/mol. The molecule has 0 fully saturated rings. The van der Waals surface area contributed by atoms with Crippen molar-refractivity contribution in [3.63, 3.8) is 0 Å². The van der Waals surface area contributed by atoms with Gasteiger partial charge in [-0.15, -0.1) is 0 Å². The Morgan fingerprint density at radius 1 is 1.12 bits per heavy atom. The summed E-state index contributed by atoms with van der Waals surface area (Å²) in [7, 11) is 2.32. The Hall–Kier alpha value is -3.09. The van der Waals surface area contributed by atoms with Crippen molar-refractivity contribution >= 4 is 17.7 Å². The molecule has 7 heteroatoms. The van der Waals surface area contributed by atoms with Crippen LogP contribution < -0.4 is 4.74 Å². The summed E-state index contributed by atoms with van der Waals surface area (Å²) in [5.41, 5.74) is 1.28. The fraction of sp³-hybridized carbons (Fsp3) is 0.316. The molecule has 0 radical (unpaired) electrons. The third-order valence-corrected chi connectivity index (χ3v) is 4.29. The highest BCUT2D eigenvalue weighted by molar-refractivity contribution is 6.15. The van der Waals surface area contributed by atoms with Gasteiger partial charge in [-0.2, -0.15) is 0 Å². The van der Waals surface area contributed by atoms with Crippen LogP contribution >= 0.6 is 0 Å². The summed E-state index contributed by atoms with van der Waals surface area (Å²) in [4.78, 5) is 37.1. The van der Waals surface area contributed by atoms with E-state index in [9.17, 15) is 14.4 Å². The molecule has 1 aromatic rings. The van der Waals surface area contributed by atoms with Crippen molar-refractivity contribution in [2.24, 2.45) is 0 Å². The van der Waals surface area contributed by atoms with E-state index in [1.54, 1.807) is 12.1 Å². The van der Waals surface area contributed by atoms with E-state index in [-0.39, 0.29) is 28.6 Å². The van der Waals surface area contributed by atoms with Crippen LogP contribution in [0, 0.1) is 0 Å². The van der Waals surface area contributed by atoms with Crippen molar-refractivity contribution in [1.29, 1.82) is 0 Å². The highest BCUT2D eigenvalue weighted by Crippen LogP contribution is 2.38. The summed E-state index contributed by atoms with van der Waals surface area (Å²) in [6.07, 6.45) is 0.0200. The third kappa shape index (κ3) is 2.75. The van der Waals surface area contributed by atoms with E-state index in [2.05, 4.69) is 4.74 Å². The molecule has 26 heavy (non-hydrogen) atoms. The molecule has 0 spiro atoms. The number of hydrogen-bond acceptors (Lipinski definition) is 7. The lowest BCUT2D eigenvalue weighted by Crippen LogP contribution is -2.39. The number of ketones is 1. The van der Waals surface area contributed by atoms with Gasteiger partial charge >= 0.3 is 11.9 Å². The molecule has 3 rings (SSSR count). The van der Waals surface area contributed by atoms with Crippen LogP contribution in [-0.2, 0) is 23.8 Å². The van der Waals surface area contributed by atoms with Crippen LogP contribution in [-0.4, -0.2) is 38.0 Å². The Bertz CT molecular complexity index is 861. The first kappa shape index (κ1) is 17.7. The molecule has 1 atom stereocenters. The smallest absolute Gasteiger partial charge is 0.374 e. The Balaban J connectivity index is 2.11. The van der Waals surface area contributed by atoms with Gasteiger partial charge in [-0.25, -0.2) is 9.59 Å². The monoisotopic (exact) mass is 358 g/mol. The summed E-state index contributed by atoms with van der Waals surface area (Å²) in [5, 5.41) is 0. The van der Waals surface area contributed by atoms with Gasteiger partial charge in [-0.05, 0) is 23.6 Å². The number of fused-ring (bicyclic) bond motifs is 2. The number of carbonyl (C=O) groups is 3. The molecule has 0 saturated heterocycles. The van der Waals surface area contributed by atoms with Crippen molar-refractivity contribution in [3.8, 4) is 5.75 Å². The summed E-state index contributed by atoms with van der Waals surface area (Å²) < 4.78 is 20.5. The van der Waals surface area contributed by atoms with Crippen LogP contribution in [0.3, 0.4) is 0 Å². The first-order chi connectivity index (χ1) is 12.4. The second-order valence-corrected chi connectivity index (χ2v) is 6.15. The van der Waals surface area contributed by atoms with Crippen molar-refractivity contribution in [2.45, 2.75) is 25.9 Å². The molecule has 1 aromatic carbocycles. The number of benzene rings is 1. The zero-order valence-electron chi connectivity index (χ0n) is 14.8. The SMILES string of the molecule is COC(=O)C1=C(C(=O)OC)C2Oc3ccc(C(C)C)cc3C(=O)C2=CO1. The molecule has 2 aliphatic rings. The van der Waals surface area contributed by atoms with Crippen molar-refractivity contribution in [1.82, 2.24) is 0 Å². The van der Waals surface area contributed by atoms with Crippen LogP contribution in [0.1, 0.15) is 35.7 Å². The molecule has 1 unspecified atom stereocenters. The van der Waals surface area contributed by atoms with Gasteiger partial charge in [0, 0.05) is 0 Å². The second kappa shape index (κ2) is 6.67. The van der Waals surface area contributed by atoms with E-state index in [1.165, 1.54) is 0 Å². The number of rotatable bonds is 3. The minimum absolute atomic E-state index is 0.117. The van der Waals surface area contributed by atoms with Crippen molar-refractivity contribution < 1.29 is 33.3 Å². The maximum atomic E-state index is 12.9. The number of methoxy groups -OCH3 is 2. The summed E-state index contributed by atoms with van der Waals surface area (Å²) >= 11 is 0. The van der Waals surface area contributed by atoms with Gasteiger partial charge in [-0.3, -0.25) is 4.79 Å². The predicted molar refractivity (Wildman–Crippen MR) is 89.5 cm³/mol. The minimum Gasteiger partial charge on any atom is -0.479 e. The highest BCUT2D eigenvalue weighted by atomic mass is 16.6. The molecular weight excluding hydrogens is 340 g/mol. The molecule has 0 amide bonds. The van der Waals surface area contributed by atoms with Gasteiger partial charge in [0.05, 0.1) is 25.4 Å². The number of hydrogen-bond donors (Lipinski definition) is 0. The standard InChI is InChI=1S/C19H18O7/c1-9(2)10-5-6-13-11(7-10)15(20)12-8-25-17(19(22)24-4)14(16(12)26-13)18(21)23-3/h5-9,16H,1-4H3. The van der Waals surface area contributed by atoms with Gasteiger partial charge < -0.3 is 18.9 Å². The lowest BCUT2D eigenvalue weighted by atomic mass is 9.88. The Labute approximate surface area is 150 Å². The third-order valence-electron chi connectivity index (χ3n) is 4.29. The Kier molecular flexibility index (Phi) is 4.54. The predicted octanol–water partition coefficient (Wildman–Crippen LogP) is 2.27. The largest absolute Gasteiger partial charge is 0.479 e. The Morgan fingerprint density at radius 3 is 2.42 bits per heavy atom. The molecule has 0 saturated carbocycles. The fourth-order valence-corrected chi connectivity index (χ4v) is 2.85. The zero-order valence-corrected chi connectivity index (χ0v) is 14.8. The number of carbonyl (C=O) groups excluding carboxylic acids is 3. The minimum atomic E-state index is -1.10. The van der Waals surface area contributed by atoms with Crippen LogP contribution in [0.15, 0.2) is 41.4 Å². The molecule has 0 aromatic heterocycles. The average Bonchev–Trinajstić information content (AvgIpc) is 2.65. The molecule has 0 aliphatic carbocycles. The molecule has 7 nitrogen and oxygen atoms in total. The second-order valence-electron chi connectivity index (χ2n) is 6.15. The van der Waals surface area contributed by atoms with Crippen LogP contribution in [0.4, 0.5) is 0 Å². The van der Waals surface area contributed by atoms with Crippen molar-refractivity contribution in [2.75, 3.05) is 14.2 Å². The van der Waals surface area contributed by atoms with Gasteiger partial charge in [0.25, 0.3) is 0 Å². The molecule has 136 valence electrons. The van der Waals surface area contributed by atoms with E-state index >= 15 is 0 Å². The van der Waals surface area contributed by atoms with E-state index in [1.807, 2.05) is 19.9 Å². The first-order valence-electron chi connectivity index (χ1n) is 8.01. The zero-order chi connectivity index (χ0) is 19.0. The quantitative estimate of drug-likeness (QED) is 0.766. The fourth-order valence-electron chi connectivity index (χ4n) is 2.85. The van der Waals surface area contributed by atoms with Gasteiger partial charge in [0.15, 0.2) is 11.9 Å². The number of Topliss-reactive ketones (excluding diaryl/α,β-unsaturated/α-hetero) is 1. The number of esters is 2. The van der Waals surface area contributed by atoms with Gasteiger partial charge in [0.2, 0.25) is 5.76 Å². The van der Waals surface area contributed by atoms with Crippen molar-refractivity contribution in [3.05, 3.63) is 52.5 Å². The van der Waals surface area contributed by atoms with E-state index in [4.69, 9.17) is 14.2 Å². The van der Waals surface area contributed by atoms with E-state index < -0.39 is 18.0 Å². The van der Waals surface area contributed by atoms with Crippen LogP contribution in [0.25, 0.3) is 0 Å².